The van der Waals surface area contributed by atoms with E-state index in [1.54, 1.807) is 0 Å². The van der Waals surface area contributed by atoms with Gasteiger partial charge in [0.25, 0.3) is 0 Å². The van der Waals surface area contributed by atoms with Gasteiger partial charge in [0.15, 0.2) is 0 Å². The second kappa shape index (κ2) is 8.06. The summed E-state index contributed by atoms with van der Waals surface area (Å²) in [6.07, 6.45) is 14.3. The third-order valence-corrected chi connectivity index (χ3v) is 9.46. The molecule has 0 spiro atoms. The van der Waals surface area contributed by atoms with Gasteiger partial charge in [-0.05, 0) is 88.7 Å². The maximum absolute atomic E-state index is 12.7. The van der Waals surface area contributed by atoms with Crippen LogP contribution in [0, 0.1) is 17.3 Å². The van der Waals surface area contributed by atoms with E-state index in [2.05, 4.69) is 49.9 Å². The van der Waals surface area contributed by atoms with Gasteiger partial charge >= 0.3 is 0 Å². The van der Waals surface area contributed by atoms with Crippen molar-refractivity contribution in [3.63, 3.8) is 0 Å². The topological polar surface area (TPSA) is 29.1 Å². The van der Waals surface area contributed by atoms with Crippen LogP contribution in [-0.2, 0) is 11.0 Å². The van der Waals surface area contributed by atoms with E-state index >= 15 is 0 Å². The van der Waals surface area contributed by atoms with E-state index in [4.69, 9.17) is 0 Å². The average molecular weight is 384 g/mol. The summed E-state index contributed by atoms with van der Waals surface area (Å²) in [5.41, 5.74) is 0.278. The number of rotatable bonds is 9. The Bertz CT molecular complexity index is 483. The van der Waals surface area contributed by atoms with E-state index in [9.17, 15) is 4.21 Å². The number of hydrogen-bond acceptors (Lipinski definition) is 2. The fraction of sp³-hybridized carbons (Fsp3) is 0.905. The Morgan fingerprint density at radius 3 is 2.24 bits per heavy atom. The summed E-state index contributed by atoms with van der Waals surface area (Å²) in [4.78, 5) is 0. The monoisotopic (exact) mass is 383 g/mol. The lowest BCUT2D eigenvalue weighted by molar-refractivity contribution is 0.138. The molecule has 2 nitrogen and oxygen atoms in total. The van der Waals surface area contributed by atoms with Gasteiger partial charge in [0, 0.05) is 11.3 Å². The minimum Gasteiger partial charge on any atom is -0.242 e. The first kappa shape index (κ1) is 19.9. The summed E-state index contributed by atoms with van der Waals surface area (Å²) in [5, 5.41) is 0.853. The van der Waals surface area contributed by atoms with Crippen LogP contribution in [0.2, 0.25) is 0 Å². The maximum Gasteiger partial charge on any atom is 0.0975 e. The third-order valence-electron chi connectivity index (χ3n) is 6.27. The Kier molecular flexibility index (Phi) is 6.43. The van der Waals surface area contributed by atoms with Gasteiger partial charge in [0.05, 0.1) is 15.7 Å². The van der Waals surface area contributed by atoms with Gasteiger partial charge in [-0.1, -0.05) is 18.9 Å². The van der Waals surface area contributed by atoms with Gasteiger partial charge in [-0.15, -0.1) is 6.58 Å². The van der Waals surface area contributed by atoms with Crippen molar-refractivity contribution in [2.45, 2.75) is 94.6 Å². The van der Waals surface area contributed by atoms with Crippen molar-refractivity contribution in [1.29, 1.82) is 0 Å². The van der Waals surface area contributed by atoms with E-state index in [0.29, 0.717) is 0 Å². The van der Waals surface area contributed by atoms with Crippen LogP contribution in [0.3, 0.4) is 0 Å². The number of nitrogens with one attached hydrogen (secondary N) is 1. The molecule has 1 N–H and O–H groups in total. The van der Waals surface area contributed by atoms with Gasteiger partial charge in [-0.3, -0.25) is 0 Å². The molecule has 2 atom stereocenters. The van der Waals surface area contributed by atoms with Gasteiger partial charge < -0.3 is 0 Å². The molecule has 144 valence electrons. The first-order chi connectivity index (χ1) is 11.8. The predicted octanol–water partition coefficient (Wildman–Crippen LogP) is 5.47. The van der Waals surface area contributed by atoms with E-state index in [0.717, 1.165) is 17.1 Å². The standard InChI is InChI=1S/C21H37NOS2/c1-5-19(22-25(23)20(2,3)4)21(14-16-6-7-16)12-10-18(11-13-21)24-15-17-8-9-17/h5,16-19,22H,1,6-15H2,2-4H3. The summed E-state index contributed by atoms with van der Waals surface area (Å²) in [6, 6.07) is 0.183. The van der Waals surface area contributed by atoms with Crippen molar-refractivity contribution >= 4 is 22.7 Å². The molecular formula is C21H37NOS2. The van der Waals surface area contributed by atoms with Crippen molar-refractivity contribution in [3.8, 4) is 0 Å². The molecule has 2 unspecified atom stereocenters. The smallest absolute Gasteiger partial charge is 0.0975 e. The Labute approximate surface area is 162 Å². The summed E-state index contributed by atoms with van der Waals surface area (Å²) in [7, 11) is -1.03. The molecule has 3 saturated carbocycles. The zero-order valence-electron chi connectivity index (χ0n) is 16.4. The van der Waals surface area contributed by atoms with E-state index in [-0.39, 0.29) is 16.2 Å². The summed E-state index contributed by atoms with van der Waals surface area (Å²) < 4.78 is 16.0. The van der Waals surface area contributed by atoms with Crippen molar-refractivity contribution in [1.82, 2.24) is 4.72 Å². The molecule has 0 aromatic heterocycles. The second-order valence-electron chi connectivity index (χ2n) is 9.70. The van der Waals surface area contributed by atoms with Crippen LogP contribution >= 0.6 is 11.8 Å². The molecule has 0 aliphatic heterocycles. The molecule has 0 bridgehead atoms. The average Bonchev–Trinajstić information content (AvgIpc) is 3.46. The Morgan fingerprint density at radius 2 is 1.76 bits per heavy atom. The van der Waals surface area contributed by atoms with Crippen LogP contribution in [0.4, 0.5) is 0 Å². The van der Waals surface area contributed by atoms with Crippen LogP contribution in [0.15, 0.2) is 12.7 Å². The zero-order valence-corrected chi connectivity index (χ0v) is 18.0. The molecule has 0 aromatic carbocycles. The highest BCUT2D eigenvalue weighted by molar-refractivity contribution is 7.99. The highest BCUT2D eigenvalue weighted by Gasteiger charge is 2.45. The number of hydrogen-bond donors (Lipinski definition) is 1. The first-order valence-corrected chi connectivity index (χ1v) is 12.4. The molecule has 0 heterocycles. The Hall–Kier alpha value is 0.200. The minimum atomic E-state index is -1.03. The molecule has 0 radical (unpaired) electrons. The molecule has 3 fully saturated rings. The summed E-state index contributed by atoms with van der Waals surface area (Å²) in [5.74, 6) is 3.32. The molecule has 25 heavy (non-hydrogen) atoms. The highest BCUT2D eigenvalue weighted by atomic mass is 32.2. The van der Waals surface area contributed by atoms with Gasteiger partial charge in [0.2, 0.25) is 0 Å². The molecule has 4 heteroatoms. The lowest BCUT2D eigenvalue weighted by Gasteiger charge is -2.45. The SMILES string of the molecule is C=CC(NS(=O)C(C)(C)C)C1(CC2CC2)CCC(SCC2CC2)CC1. The maximum atomic E-state index is 12.7. The molecule has 3 rings (SSSR count). The number of thioether (sulfide) groups is 1. The lowest BCUT2D eigenvalue weighted by Crippen LogP contribution is -2.50. The highest BCUT2D eigenvalue weighted by Crippen LogP contribution is 2.52. The fourth-order valence-corrected chi connectivity index (χ4v) is 6.52. The fourth-order valence-electron chi connectivity index (χ4n) is 4.14. The van der Waals surface area contributed by atoms with Crippen LogP contribution < -0.4 is 4.72 Å². The third kappa shape index (κ3) is 5.59. The van der Waals surface area contributed by atoms with E-state index in [1.165, 1.54) is 63.5 Å². The van der Waals surface area contributed by atoms with Crippen molar-refractivity contribution < 1.29 is 4.21 Å². The van der Waals surface area contributed by atoms with Crippen molar-refractivity contribution in [3.05, 3.63) is 12.7 Å². The molecule has 0 saturated heterocycles. The molecule has 0 amide bonds. The van der Waals surface area contributed by atoms with Gasteiger partial charge in [0.1, 0.15) is 0 Å². The largest absolute Gasteiger partial charge is 0.242 e. The van der Waals surface area contributed by atoms with Crippen LogP contribution in [0.1, 0.15) is 78.6 Å². The van der Waals surface area contributed by atoms with Crippen molar-refractivity contribution in [2.24, 2.45) is 17.3 Å². The second-order valence-corrected chi connectivity index (χ2v) is 13.0. The van der Waals surface area contributed by atoms with Gasteiger partial charge in [-0.2, -0.15) is 11.8 Å². The Morgan fingerprint density at radius 1 is 1.16 bits per heavy atom. The van der Waals surface area contributed by atoms with E-state index in [1.807, 2.05) is 0 Å². The Balaban J connectivity index is 1.62. The molecule has 3 aliphatic carbocycles. The molecule has 3 aliphatic rings. The summed E-state index contributed by atoms with van der Waals surface area (Å²) in [6.45, 7) is 10.3. The molecule has 0 aromatic rings. The predicted molar refractivity (Wildman–Crippen MR) is 112 cm³/mol. The van der Waals surface area contributed by atoms with Crippen LogP contribution in [-0.4, -0.2) is 26.0 Å². The minimum absolute atomic E-state index is 0.183. The first-order valence-electron chi connectivity index (χ1n) is 10.2. The normalized spacial score (nSPS) is 33.0. The van der Waals surface area contributed by atoms with Crippen molar-refractivity contribution in [2.75, 3.05) is 5.75 Å². The summed E-state index contributed by atoms with van der Waals surface area (Å²) >= 11 is 2.23. The van der Waals surface area contributed by atoms with Gasteiger partial charge in [-0.25, -0.2) is 8.93 Å². The van der Waals surface area contributed by atoms with Crippen LogP contribution in [0.5, 0.6) is 0 Å². The molecular weight excluding hydrogens is 346 g/mol. The van der Waals surface area contributed by atoms with Crippen LogP contribution in [0.25, 0.3) is 0 Å². The zero-order chi connectivity index (χ0) is 18.1. The quantitative estimate of drug-likeness (QED) is 0.535. The van der Waals surface area contributed by atoms with E-state index < -0.39 is 11.0 Å². The lowest BCUT2D eigenvalue weighted by atomic mass is 9.66.